The van der Waals surface area contributed by atoms with Crippen LogP contribution in [0.5, 0.6) is 0 Å². The molecule has 0 saturated carbocycles. The summed E-state index contributed by atoms with van der Waals surface area (Å²) in [5.41, 5.74) is 1.04. The largest absolute Gasteiger partial charge is 0.480 e. The van der Waals surface area contributed by atoms with Gasteiger partial charge in [-0.25, -0.2) is 8.42 Å². The molecule has 0 aliphatic rings. The first kappa shape index (κ1) is 17.4. The van der Waals surface area contributed by atoms with Crippen molar-refractivity contribution in [2.75, 3.05) is 13.1 Å². The van der Waals surface area contributed by atoms with Crippen LogP contribution in [0.2, 0.25) is 0 Å². The van der Waals surface area contributed by atoms with Crippen molar-refractivity contribution in [3.05, 3.63) is 42.0 Å². The summed E-state index contributed by atoms with van der Waals surface area (Å²) in [5.74, 6) is -1.15. The van der Waals surface area contributed by atoms with Crippen LogP contribution in [0, 0.1) is 6.92 Å². The molecule has 6 heteroatoms. The van der Waals surface area contributed by atoms with Crippen molar-refractivity contribution < 1.29 is 18.3 Å². The minimum atomic E-state index is -3.82. The van der Waals surface area contributed by atoms with Crippen LogP contribution in [0.4, 0.5) is 0 Å². The Bertz CT molecular complexity index is 814. The fourth-order valence-corrected chi connectivity index (χ4v) is 3.89. The second-order valence-electron chi connectivity index (χ2n) is 5.60. The van der Waals surface area contributed by atoms with Crippen molar-refractivity contribution in [3.8, 4) is 0 Å². The lowest BCUT2D eigenvalue weighted by Gasteiger charge is -2.20. The Morgan fingerprint density at radius 1 is 1.13 bits per heavy atom. The maximum absolute atomic E-state index is 12.8. The number of carboxylic acid groups (broad SMARTS) is 1. The second kappa shape index (κ2) is 7.10. The number of hydrogen-bond donors (Lipinski definition) is 1. The lowest BCUT2D eigenvalue weighted by Crippen LogP contribution is -2.36. The number of hydrogen-bond acceptors (Lipinski definition) is 3. The van der Waals surface area contributed by atoms with Crippen LogP contribution in [0.25, 0.3) is 10.8 Å². The first-order valence-corrected chi connectivity index (χ1v) is 9.01. The predicted molar refractivity (Wildman–Crippen MR) is 90.0 cm³/mol. The molecule has 2 aromatic carbocycles. The fraction of sp³-hybridized carbons (Fsp3) is 0.353. The zero-order chi connectivity index (χ0) is 17.0. The molecule has 0 spiro atoms. The molecule has 0 atom stereocenters. The quantitative estimate of drug-likeness (QED) is 0.844. The molecule has 23 heavy (non-hydrogen) atoms. The van der Waals surface area contributed by atoms with Crippen molar-refractivity contribution >= 4 is 26.8 Å². The lowest BCUT2D eigenvalue weighted by molar-refractivity contribution is -0.137. The molecule has 0 radical (unpaired) electrons. The van der Waals surface area contributed by atoms with E-state index in [1.54, 1.807) is 12.1 Å². The number of unbranched alkanes of at least 4 members (excludes halogenated alkanes) is 1. The maximum Gasteiger partial charge on any atom is 0.318 e. The van der Waals surface area contributed by atoms with Crippen LogP contribution in [-0.2, 0) is 14.8 Å². The van der Waals surface area contributed by atoms with Gasteiger partial charge >= 0.3 is 5.97 Å². The highest BCUT2D eigenvalue weighted by Crippen LogP contribution is 2.23. The van der Waals surface area contributed by atoms with E-state index in [9.17, 15) is 13.2 Å². The molecule has 0 aliphatic carbocycles. The SMILES string of the molecule is CCCCN(CC(=O)O)S(=O)(=O)c1ccc2ccc(C)cc2c1. The van der Waals surface area contributed by atoms with E-state index in [0.29, 0.717) is 6.42 Å². The van der Waals surface area contributed by atoms with Gasteiger partial charge in [0.25, 0.3) is 0 Å². The molecule has 0 aromatic heterocycles. The van der Waals surface area contributed by atoms with Crippen LogP contribution in [-0.4, -0.2) is 36.9 Å². The number of nitrogens with zero attached hydrogens (tertiary/aromatic N) is 1. The molecule has 2 aromatic rings. The summed E-state index contributed by atoms with van der Waals surface area (Å²) in [6.45, 7) is 3.56. The van der Waals surface area contributed by atoms with Crippen LogP contribution in [0.15, 0.2) is 41.3 Å². The third-order valence-corrected chi connectivity index (χ3v) is 5.52. The molecule has 0 amide bonds. The zero-order valence-electron chi connectivity index (χ0n) is 13.3. The molecule has 0 unspecified atom stereocenters. The molecule has 124 valence electrons. The summed E-state index contributed by atoms with van der Waals surface area (Å²) in [4.78, 5) is 11.1. The van der Waals surface area contributed by atoms with Crippen molar-refractivity contribution in [2.45, 2.75) is 31.6 Å². The molecular formula is C17H21NO4S. The molecule has 0 heterocycles. The number of carbonyl (C=O) groups is 1. The van der Waals surface area contributed by atoms with Gasteiger partial charge in [-0.05, 0) is 36.2 Å². The molecule has 2 rings (SSSR count). The van der Waals surface area contributed by atoms with Gasteiger partial charge in [-0.3, -0.25) is 4.79 Å². The van der Waals surface area contributed by atoms with Gasteiger partial charge in [-0.2, -0.15) is 4.31 Å². The van der Waals surface area contributed by atoms with E-state index in [0.717, 1.165) is 27.1 Å². The third kappa shape index (κ3) is 4.09. The fourth-order valence-electron chi connectivity index (χ4n) is 2.42. The summed E-state index contributed by atoms with van der Waals surface area (Å²) in [7, 11) is -3.82. The minimum Gasteiger partial charge on any atom is -0.480 e. The second-order valence-corrected chi connectivity index (χ2v) is 7.54. The summed E-state index contributed by atoms with van der Waals surface area (Å²) in [6, 6.07) is 10.7. The third-order valence-electron chi connectivity index (χ3n) is 3.68. The average molecular weight is 335 g/mol. The number of sulfonamides is 1. The Balaban J connectivity index is 2.44. The van der Waals surface area contributed by atoms with Crippen LogP contribution >= 0.6 is 0 Å². The lowest BCUT2D eigenvalue weighted by atomic mass is 10.1. The summed E-state index contributed by atoms with van der Waals surface area (Å²) >= 11 is 0. The standard InChI is InChI=1S/C17H21NO4S/c1-3-4-9-18(12-17(19)20)23(21,22)16-8-7-14-6-5-13(2)10-15(14)11-16/h5-8,10-11H,3-4,9,12H2,1-2H3,(H,19,20). The van der Waals surface area contributed by atoms with Gasteiger partial charge in [0.15, 0.2) is 0 Å². The first-order valence-electron chi connectivity index (χ1n) is 7.57. The zero-order valence-corrected chi connectivity index (χ0v) is 14.1. The van der Waals surface area contributed by atoms with Gasteiger partial charge in [0.2, 0.25) is 10.0 Å². The first-order chi connectivity index (χ1) is 10.8. The van der Waals surface area contributed by atoms with Crippen LogP contribution in [0.1, 0.15) is 25.3 Å². The summed E-state index contributed by atoms with van der Waals surface area (Å²) < 4.78 is 26.6. The maximum atomic E-state index is 12.8. The van der Waals surface area contributed by atoms with Crippen molar-refractivity contribution in [1.82, 2.24) is 4.31 Å². The van der Waals surface area contributed by atoms with Gasteiger partial charge in [0.05, 0.1) is 4.90 Å². The highest BCUT2D eigenvalue weighted by molar-refractivity contribution is 7.89. The molecule has 0 saturated heterocycles. The molecule has 0 fully saturated rings. The van der Waals surface area contributed by atoms with Crippen LogP contribution in [0.3, 0.4) is 0 Å². The van der Waals surface area contributed by atoms with Gasteiger partial charge in [-0.15, -0.1) is 0 Å². The number of carboxylic acids is 1. The van der Waals surface area contributed by atoms with E-state index in [-0.39, 0.29) is 11.4 Å². The van der Waals surface area contributed by atoms with E-state index in [1.165, 1.54) is 6.07 Å². The monoisotopic (exact) mass is 335 g/mol. The van der Waals surface area contributed by atoms with Gasteiger partial charge in [0.1, 0.15) is 6.54 Å². The van der Waals surface area contributed by atoms with E-state index in [2.05, 4.69) is 0 Å². The number of fused-ring (bicyclic) bond motifs is 1. The molecular weight excluding hydrogens is 314 g/mol. The number of aliphatic carboxylic acids is 1. The van der Waals surface area contributed by atoms with Gasteiger partial charge in [0, 0.05) is 6.54 Å². The Kier molecular flexibility index (Phi) is 5.38. The number of aryl methyl sites for hydroxylation is 1. The summed E-state index contributed by atoms with van der Waals surface area (Å²) in [6.07, 6.45) is 1.42. The van der Waals surface area contributed by atoms with E-state index in [4.69, 9.17) is 5.11 Å². The minimum absolute atomic E-state index is 0.132. The normalized spacial score (nSPS) is 12.0. The topological polar surface area (TPSA) is 74.7 Å². The van der Waals surface area contributed by atoms with E-state index < -0.39 is 22.5 Å². The van der Waals surface area contributed by atoms with Crippen molar-refractivity contribution in [3.63, 3.8) is 0 Å². The Labute approximate surface area is 136 Å². The highest BCUT2D eigenvalue weighted by atomic mass is 32.2. The Morgan fingerprint density at radius 3 is 2.48 bits per heavy atom. The summed E-state index contributed by atoms with van der Waals surface area (Å²) in [5, 5.41) is 10.8. The molecule has 0 aliphatic heterocycles. The number of rotatable bonds is 7. The van der Waals surface area contributed by atoms with Crippen molar-refractivity contribution in [1.29, 1.82) is 0 Å². The molecule has 1 N–H and O–H groups in total. The van der Waals surface area contributed by atoms with E-state index >= 15 is 0 Å². The predicted octanol–water partition coefficient (Wildman–Crippen LogP) is 3.02. The molecule has 5 nitrogen and oxygen atoms in total. The van der Waals surface area contributed by atoms with E-state index in [1.807, 2.05) is 32.0 Å². The number of benzene rings is 2. The smallest absolute Gasteiger partial charge is 0.318 e. The van der Waals surface area contributed by atoms with Gasteiger partial charge in [-0.1, -0.05) is 43.2 Å². The highest BCUT2D eigenvalue weighted by Gasteiger charge is 2.26. The Morgan fingerprint density at radius 2 is 1.83 bits per heavy atom. The Hall–Kier alpha value is -1.92. The van der Waals surface area contributed by atoms with Gasteiger partial charge < -0.3 is 5.11 Å². The van der Waals surface area contributed by atoms with Crippen molar-refractivity contribution in [2.24, 2.45) is 0 Å². The van der Waals surface area contributed by atoms with Crippen LogP contribution < -0.4 is 0 Å². The molecule has 0 bridgehead atoms. The average Bonchev–Trinajstić information content (AvgIpc) is 2.50.